The molecule has 0 spiro atoms. The molecule has 3 nitrogen and oxygen atoms in total. The summed E-state index contributed by atoms with van der Waals surface area (Å²) in [4.78, 5) is 11.9. The number of rotatable bonds is 6. The van der Waals surface area contributed by atoms with E-state index in [4.69, 9.17) is 4.74 Å². The molecular formula is C25H30O3. The average molecular weight is 379 g/mol. The Labute approximate surface area is 168 Å². The smallest absolute Gasteiger partial charge is 0.333 e. The molecule has 0 aromatic heterocycles. The van der Waals surface area contributed by atoms with Crippen molar-refractivity contribution in [3.8, 4) is 11.1 Å². The van der Waals surface area contributed by atoms with Gasteiger partial charge in [-0.25, -0.2) is 4.79 Å². The highest BCUT2D eigenvalue weighted by Gasteiger charge is 2.21. The SMILES string of the molecule is C=C(C)C(=O)OCc1cc(C2CCC(C)CC2)ccc1-c1ccc(CO)cc1. The van der Waals surface area contributed by atoms with E-state index in [0.717, 1.165) is 28.2 Å². The molecule has 28 heavy (non-hydrogen) atoms. The standard InChI is InChI=1S/C25H30O3/c1-17(2)25(27)28-16-23-14-22(20-8-4-18(3)5-9-20)12-13-24(23)21-10-6-19(15-26)7-11-21/h6-7,10-14,18,20,26H,1,4-5,8-9,15-16H2,2-3H3. The second-order valence-corrected chi connectivity index (χ2v) is 8.08. The molecule has 1 fully saturated rings. The van der Waals surface area contributed by atoms with Crippen LogP contribution in [0.2, 0.25) is 0 Å². The third kappa shape index (κ3) is 4.90. The summed E-state index contributed by atoms with van der Waals surface area (Å²) in [5.41, 5.74) is 5.76. The Morgan fingerprint density at radius 2 is 1.79 bits per heavy atom. The van der Waals surface area contributed by atoms with Gasteiger partial charge in [0.25, 0.3) is 0 Å². The first-order valence-corrected chi connectivity index (χ1v) is 10.1. The molecule has 0 heterocycles. The van der Waals surface area contributed by atoms with Crippen molar-refractivity contribution in [2.24, 2.45) is 5.92 Å². The number of carbonyl (C=O) groups is 1. The third-order valence-electron chi connectivity index (χ3n) is 5.77. The van der Waals surface area contributed by atoms with Crippen LogP contribution in [0.4, 0.5) is 0 Å². The van der Waals surface area contributed by atoms with Gasteiger partial charge < -0.3 is 9.84 Å². The highest BCUT2D eigenvalue weighted by atomic mass is 16.5. The molecular weight excluding hydrogens is 348 g/mol. The molecule has 3 rings (SSSR count). The van der Waals surface area contributed by atoms with Gasteiger partial charge in [-0.1, -0.05) is 68.8 Å². The molecule has 0 radical (unpaired) electrons. The van der Waals surface area contributed by atoms with Gasteiger partial charge in [-0.3, -0.25) is 0 Å². The zero-order valence-corrected chi connectivity index (χ0v) is 16.9. The lowest BCUT2D eigenvalue weighted by atomic mass is 9.78. The van der Waals surface area contributed by atoms with Gasteiger partial charge >= 0.3 is 5.97 Å². The zero-order chi connectivity index (χ0) is 20.1. The average Bonchev–Trinajstić information content (AvgIpc) is 2.72. The predicted octanol–water partition coefficient (Wildman–Crippen LogP) is 5.76. The summed E-state index contributed by atoms with van der Waals surface area (Å²) in [5, 5.41) is 9.28. The van der Waals surface area contributed by atoms with Gasteiger partial charge in [0, 0.05) is 5.57 Å². The Kier molecular flexibility index (Phi) is 6.69. The summed E-state index contributed by atoms with van der Waals surface area (Å²) in [5.74, 6) is 1.03. The lowest BCUT2D eigenvalue weighted by molar-refractivity contribution is -0.140. The summed E-state index contributed by atoms with van der Waals surface area (Å²) in [7, 11) is 0. The highest BCUT2D eigenvalue weighted by Crippen LogP contribution is 2.37. The first-order chi connectivity index (χ1) is 13.5. The zero-order valence-electron chi connectivity index (χ0n) is 16.9. The van der Waals surface area contributed by atoms with Gasteiger partial charge in [0.2, 0.25) is 0 Å². The second kappa shape index (κ2) is 9.20. The summed E-state index contributed by atoms with van der Waals surface area (Å²) in [6, 6.07) is 14.4. The molecule has 148 valence electrons. The van der Waals surface area contributed by atoms with Gasteiger partial charge in [-0.05, 0) is 59.4 Å². The molecule has 1 aliphatic carbocycles. The molecule has 2 aromatic carbocycles. The number of ether oxygens (including phenoxy) is 1. The Morgan fingerprint density at radius 3 is 2.39 bits per heavy atom. The van der Waals surface area contributed by atoms with Crippen molar-refractivity contribution in [2.45, 2.75) is 58.7 Å². The molecule has 1 saturated carbocycles. The van der Waals surface area contributed by atoms with Gasteiger partial charge in [0.15, 0.2) is 0 Å². The van der Waals surface area contributed by atoms with Crippen molar-refractivity contribution >= 4 is 5.97 Å². The molecule has 3 heteroatoms. The molecule has 0 saturated heterocycles. The maximum Gasteiger partial charge on any atom is 0.333 e. The number of hydrogen-bond acceptors (Lipinski definition) is 3. The van der Waals surface area contributed by atoms with Crippen LogP contribution in [-0.4, -0.2) is 11.1 Å². The van der Waals surface area contributed by atoms with E-state index in [2.05, 4.69) is 31.7 Å². The van der Waals surface area contributed by atoms with Crippen LogP contribution in [0.1, 0.15) is 62.1 Å². The lowest BCUT2D eigenvalue weighted by Crippen LogP contribution is -2.12. The number of carbonyl (C=O) groups excluding carboxylic acids is 1. The Bertz CT molecular complexity index is 827. The predicted molar refractivity (Wildman–Crippen MR) is 113 cm³/mol. The van der Waals surface area contributed by atoms with Crippen molar-refractivity contribution in [1.82, 2.24) is 0 Å². The highest BCUT2D eigenvalue weighted by molar-refractivity contribution is 5.87. The van der Waals surface area contributed by atoms with Crippen molar-refractivity contribution in [1.29, 1.82) is 0 Å². The summed E-state index contributed by atoms with van der Waals surface area (Å²) < 4.78 is 5.48. The molecule has 0 aliphatic heterocycles. The first-order valence-electron chi connectivity index (χ1n) is 10.1. The van der Waals surface area contributed by atoms with Crippen LogP contribution in [0.3, 0.4) is 0 Å². The molecule has 1 aliphatic rings. The van der Waals surface area contributed by atoms with Crippen molar-refractivity contribution in [3.05, 3.63) is 71.3 Å². The van der Waals surface area contributed by atoms with E-state index in [1.165, 1.54) is 31.2 Å². The van der Waals surface area contributed by atoms with E-state index < -0.39 is 0 Å². The largest absolute Gasteiger partial charge is 0.457 e. The number of benzene rings is 2. The molecule has 0 atom stereocenters. The Morgan fingerprint density at radius 1 is 1.11 bits per heavy atom. The van der Waals surface area contributed by atoms with E-state index in [0.29, 0.717) is 11.5 Å². The van der Waals surface area contributed by atoms with E-state index >= 15 is 0 Å². The Hall–Kier alpha value is -2.39. The minimum atomic E-state index is -0.363. The fourth-order valence-corrected chi connectivity index (χ4v) is 3.92. The molecule has 0 bridgehead atoms. The third-order valence-corrected chi connectivity index (χ3v) is 5.77. The molecule has 0 amide bonds. The van der Waals surface area contributed by atoms with Crippen LogP contribution in [0.25, 0.3) is 11.1 Å². The Balaban J connectivity index is 1.90. The van der Waals surface area contributed by atoms with Crippen molar-refractivity contribution in [3.63, 3.8) is 0 Å². The quantitative estimate of drug-likeness (QED) is 0.513. The number of aliphatic hydroxyl groups excluding tert-OH is 1. The summed E-state index contributed by atoms with van der Waals surface area (Å²) in [6.45, 7) is 7.93. The van der Waals surface area contributed by atoms with E-state index in [1.54, 1.807) is 6.92 Å². The van der Waals surface area contributed by atoms with Crippen LogP contribution >= 0.6 is 0 Å². The first kappa shape index (κ1) is 20.3. The fourth-order valence-electron chi connectivity index (χ4n) is 3.92. The molecule has 0 unspecified atom stereocenters. The van der Waals surface area contributed by atoms with Gasteiger partial charge in [0.05, 0.1) is 6.61 Å². The summed E-state index contributed by atoms with van der Waals surface area (Å²) in [6.07, 6.45) is 4.98. The van der Waals surface area contributed by atoms with Crippen molar-refractivity contribution in [2.75, 3.05) is 0 Å². The topological polar surface area (TPSA) is 46.5 Å². The lowest BCUT2D eigenvalue weighted by Gasteiger charge is -2.27. The van der Waals surface area contributed by atoms with Crippen LogP contribution in [0, 0.1) is 5.92 Å². The minimum absolute atomic E-state index is 0.0302. The monoisotopic (exact) mass is 378 g/mol. The van der Waals surface area contributed by atoms with Crippen LogP contribution in [0.5, 0.6) is 0 Å². The van der Waals surface area contributed by atoms with Gasteiger partial charge in [-0.2, -0.15) is 0 Å². The van der Waals surface area contributed by atoms with E-state index in [9.17, 15) is 9.90 Å². The second-order valence-electron chi connectivity index (χ2n) is 8.08. The number of esters is 1. The summed E-state index contributed by atoms with van der Waals surface area (Å²) >= 11 is 0. The van der Waals surface area contributed by atoms with Gasteiger partial charge in [0.1, 0.15) is 6.61 Å². The van der Waals surface area contributed by atoms with Crippen LogP contribution < -0.4 is 0 Å². The fraction of sp³-hybridized carbons (Fsp3) is 0.400. The van der Waals surface area contributed by atoms with E-state index in [-0.39, 0.29) is 19.2 Å². The number of aliphatic hydroxyl groups is 1. The normalized spacial score (nSPS) is 19.2. The van der Waals surface area contributed by atoms with Gasteiger partial charge in [-0.15, -0.1) is 0 Å². The van der Waals surface area contributed by atoms with E-state index in [1.807, 2.05) is 24.3 Å². The number of hydrogen-bond donors (Lipinski definition) is 1. The van der Waals surface area contributed by atoms with Crippen LogP contribution in [0.15, 0.2) is 54.6 Å². The minimum Gasteiger partial charge on any atom is -0.457 e. The van der Waals surface area contributed by atoms with Crippen molar-refractivity contribution < 1.29 is 14.6 Å². The maximum atomic E-state index is 11.9. The molecule has 1 N–H and O–H groups in total. The maximum absolute atomic E-state index is 11.9. The van der Waals surface area contributed by atoms with Crippen LogP contribution in [-0.2, 0) is 22.7 Å². The molecule has 2 aromatic rings.